The van der Waals surface area contributed by atoms with Crippen molar-refractivity contribution in [3.8, 4) is 0 Å². The molecular weight excluding hydrogens is 312 g/mol. The largest absolute Gasteiger partial charge is 0.478 e. The second-order valence-electron chi connectivity index (χ2n) is 4.68. The van der Waals surface area contributed by atoms with E-state index in [-0.39, 0.29) is 5.56 Å². The van der Waals surface area contributed by atoms with Gasteiger partial charge in [-0.1, -0.05) is 22.0 Å². The van der Waals surface area contributed by atoms with E-state index in [1.165, 1.54) is 0 Å². The Morgan fingerprint density at radius 3 is 2.79 bits per heavy atom. The van der Waals surface area contributed by atoms with Gasteiger partial charge in [0.05, 0.1) is 18.8 Å². The predicted molar refractivity (Wildman–Crippen MR) is 74.3 cm³/mol. The molecule has 1 aliphatic heterocycles. The van der Waals surface area contributed by atoms with Gasteiger partial charge < -0.3 is 14.6 Å². The predicted octanol–water partition coefficient (Wildman–Crippen LogP) is 3.09. The number of carboxylic acids is 1. The van der Waals surface area contributed by atoms with Crippen LogP contribution in [0.1, 0.15) is 28.8 Å². The highest BCUT2D eigenvalue weighted by Crippen LogP contribution is 2.21. The third-order valence-electron chi connectivity index (χ3n) is 3.25. The second kappa shape index (κ2) is 7.03. The smallest absolute Gasteiger partial charge is 0.335 e. The molecule has 19 heavy (non-hydrogen) atoms. The van der Waals surface area contributed by atoms with Gasteiger partial charge in [-0.25, -0.2) is 4.79 Å². The maximum absolute atomic E-state index is 10.8. The van der Waals surface area contributed by atoms with Gasteiger partial charge in [0, 0.05) is 17.7 Å². The van der Waals surface area contributed by atoms with Gasteiger partial charge in [-0.3, -0.25) is 0 Å². The molecule has 0 atom stereocenters. The van der Waals surface area contributed by atoms with E-state index in [2.05, 4.69) is 15.9 Å². The summed E-state index contributed by atoms with van der Waals surface area (Å²) in [5.41, 5.74) is 1.25. The van der Waals surface area contributed by atoms with Crippen molar-refractivity contribution in [2.24, 2.45) is 5.92 Å². The van der Waals surface area contributed by atoms with Crippen molar-refractivity contribution in [2.45, 2.75) is 19.4 Å². The zero-order valence-electron chi connectivity index (χ0n) is 10.6. The van der Waals surface area contributed by atoms with Crippen LogP contribution in [0.2, 0.25) is 0 Å². The number of aromatic carboxylic acids is 1. The molecule has 1 N–H and O–H groups in total. The van der Waals surface area contributed by atoms with Crippen molar-refractivity contribution in [1.82, 2.24) is 0 Å². The topological polar surface area (TPSA) is 55.8 Å². The summed E-state index contributed by atoms with van der Waals surface area (Å²) in [4.78, 5) is 10.8. The standard InChI is InChI=1S/C14H17BrO4/c15-13-7-11(14(16)17)1-2-12(13)9-19-8-10-3-5-18-6-4-10/h1-2,7,10H,3-6,8-9H2,(H,16,17). The normalized spacial score (nSPS) is 16.5. The third-order valence-corrected chi connectivity index (χ3v) is 3.99. The molecule has 0 spiro atoms. The SMILES string of the molecule is O=C(O)c1ccc(COCC2CCOCC2)c(Br)c1. The number of hydrogen-bond acceptors (Lipinski definition) is 3. The van der Waals surface area contributed by atoms with Crippen molar-refractivity contribution in [3.05, 3.63) is 33.8 Å². The highest BCUT2D eigenvalue weighted by molar-refractivity contribution is 9.10. The summed E-state index contributed by atoms with van der Waals surface area (Å²) in [5, 5.41) is 8.88. The van der Waals surface area contributed by atoms with Crippen molar-refractivity contribution < 1.29 is 19.4 Å². The first kappa shape index (κ1) is 14.5. The lowest BCUT2D eigenvalue weighted by atomic mass is 10.0. The van der Waals surface area contributed by atoms with Crippen LogP contribution in [0.3, 0.4) is 0 Å². The number of halogens is 1. The van der Waals surface area contributed by atoms with Crippen LogP contribution in [0.5, 0.6) is 0 Å². The fourth-order valence-corrected chi connectivity index (χ4v) is 2.54. The highest BCUT2D eigenvalue weighted by Gasteiger charge is 2.14. The van der Waals surface area contributed by atoms with Gasteiger partial charge in [0.25, 0.3) is 0 Å². The highest BCUT2D eigenvalue weighted by atomic mass is 79.9. The number of carbonyl (C=O) groups is 1. The summed E-state index contributed by atoms with van der Waals surface area (Å²) < 4.78 is 11.8. The van der Waals surface area contributed by atoms with E-state index >= 15 is 0 Å². The summed E-state index contributed by atoms with van der Waals surface area (Å²) in [6.45, 7) is 2.88. The molecular formula is C14H17BrO4. The molecule has 104 valence electrons. The van der Waals surface area contributed by atoms with Crippen molar-refractivity contribution in [1.29, 1.82) is 0 Å². The molecule has 5 heteroatoms. The van der Waals surface area contributed by atoms with Gasteiger partial charge in [-0.15, -0.1) is 0 Å². The van der Waals surface area contributed by atoms with Crippen LogP contribution < -0.4 is 0 Å². The van der Waals surface area contributed by atoms with Gasteiger partial charge in [0.15, 0.2) is 0 Å². The molecule has 4 nitrogen and oxygen atoms in total. The lowest BCUT2D eigenvalue weighted by Crippen LogP contribution is -2.20. The first-order valence-electron chi connectivity index (χ1n) is 6.34. The fraction of sp³-hybridized carbons (Fsp3) is 0.500. The van der Waals surface area contributed by atoms with Crippen LogP contribution in [0, 0.1) is 5.92 Å². The molecule has 0 saturated carbocycles. The number of hydrogen-bond donors (Lipinski definition) is 1. The molecule has 0 amide bonds. The van der Waals surface area contributed by atoms with Gasteiger partial charge in [-0.2, -0.15) is 0 Å². The average Bonchev–Trinajstić information content (AvgIpc) is 2.41. The summed E-state index contributed by atoms with van der Waals surface area (Å²) >= 11 is 3.38. The van der Waals surface area contributed by atoms with Gasteiger partial charge in [0.2, 0.25) is 0 Å². The van der Waals surface area contributed by atoms with Crippen LogP contribution in [0.15, 0.2) is 22.7 Å². The van der Waals surface area contributed by atoms with E-state index in [1.807, 2.05) is 0 Å². The van der Waals surface area contributed by atoms with Crippen LogP contribution >= 0.6 is 15.9 Å². The maximum Gasteiger partial charge on any atom is 0.335 e. The monoisotopic (exact) mass is 328 g/mol. The molecule has 2 rings (SSSR count). The molecule has 0 aliphatic carbocycles. The summed E-state index contributed by atoms with van der Waals surface area (Å²) in [5.74, 6) is -0.346. The Morgan fingerprint density at radius 1 is 1.42 bits per heavy atom. The Bertz CT molecular complexity index is 441. The van der Waals surface area contributed by atoms with Crippen LogP contribution in [-0.2, 0) is 16.1 Å². The van der Waals surface area contributed by atoms with E-state index in [4.69, 9.17) is 14.6 Å². The minimum Gasteiger partial charge on any atom is -0.478 e. The number of carboxylic acid groups (broad SMARTS) is 1. The van der Waals surface area contributed by atoms with Crippen LogP contribution in [0.4, 0.5) is 0 Å². The van der Waals surface area contributed by atoms with Crippen LogP contribution in [-0.4, -0.2) is 30.9 Å². The van der Waals surface area contributed by atoms with E-state index in [0.29, 0.717) is 12.5 Å². The number of rotatable bonds is 5. The Hall–Kier alpha value is -0.910. The van der Waals surface area contributed by atoms with E-state index in [1.54, 1.807) is 18.2 Å². The first-order valence-corrected chi connectivity index (χ1v) is 7.13. The molecule has 0 bridgehead atoms. The minimum absolute atomic E-state index is 0.278. The Morgan fingerprint density at radius 2 is 2.16 bits per heavy atom. The summed E-state index contributed by atoms with van der Waals surface area (Å²) in [6, 6.07) is 4.99. The van der Waals surface area contributed by atoms with Crippen molar-refractivity contribution in [3.63, 3.8) is 0 Å². The van der Waals surface area contributed by atoms with Crippen LogP contribution in [0.25, 0.3) is 0 Å². The number of ether oxygens (including phenoxy) is 2. The minimum atomic E-state index is -0.921. The molecule has 1 aliphatic rings. The van der Waals surface area contributed by atoms with Gasteiger partial charge >= 0.3 is 5.97 Å². The number of benzene rings is 1. The molecule has 1 saturated heterocycles. The van der Waals surface area contributed by atoms with E-state index in [0.717, 1.165) is 42.7 Å². The Kier molecular flexibility index (Phi) is 5.36. The maximum atomic E-state index is 10.8. The molecule has 0 unspecified atom stereocenters. The van der Waals surface area contributed by atoms with Gasteiger partial charge in [0.1, 0.15) is 0 Å². The lowest BCUT2D eigenvalue weighted by molar-refractivity contribution is 0.0156. The molecule has 0 radical (unpaired) electrons. The van der Waals surface area contributed by atoms with Gasteiger partial charge in [-0.05, 0) is 36.5 Å². The van der Waals surface area contributed by atoms with Crippen molar-refractivity contribution >= 4 is 21.9 Å². The molecule has 1 aromatic rings. The molecule has 1 fully saturated rings. The quantitative estimate of drug-likeness (QED) is 0.902. The lowest BCUT2D eigenvalue weighted by Gasteiger charge is -2.21. The third kappa shape index (κ3) is 4.30. The molecule has 1 heterocycles. The Balaban J connectivity index is 1.83. The zero-order valence-corrected chi connectivity index (χ0v) is 12.2. The fourth-order valence-electron chi connectivity index (χ4n) is 2.05. The average molecular weight is 329 g/mol. The van der Waals surface area contributed by atoms with E-state index < -0.39 is 5.97 Å². The first-order chi connectivity index (χ1) is 9.16. The van der Waals surface area contributed by atoms with E-state index in [9.17, 15) is 4.79 Å². The molecule has 0 aromatic heterocycles. The molecule has 1 aromatic carbocycles. The Labute approximate surface area is 120 Å². The summed E-state index contributed by atoms with van der Waals surface area (Å²) in [7, 11) is 0. The second-order valence-corrected chi connectivity index (χ2v) is 5.54. The summed E-state index contributed by atoms with van der Waals surface area (Å²) in [6.07, 6.45) is 2.11. The van der Waals surface area contributed by atoms with Crippen molar-refractivity contribution in [2.75, 3.05) is 19.8 Å². The zero-order chi connectivity index (χ0) is 13.7.